The molecule has 0 aromatic rings. The molecule has 0 saturated heterocycles. The summed E-state index contributed by atoms with van der Waals surface area (Å²) < 4.78 is 11.6. The zero-order valence-corrected chi connectivity index (χ0v) is 10.2. The first-order chi connectivity index (χ1) is 4.73. The summed E-state index contributed by atoms with van der Waals surface area (Å²) in [5.41, 5.74) is 0. The van der Waals surface area contributed by atoms with E-state index in [1.54, 1.807) is 11.9 Å². The van der Waals surface area contributed by atoms with Crippen LogP contribution in [0.2, 0.25) is 0 Å². The average Bonchev–Trinajstić information content (AvgIpc) is 1.90. The largest absolute Gasteiger partial charge is 1.00 e. The summed E-state index contributed by atoms with van der Waals surface area (Å²) in [5.74, 6) is 0. The predicted molar refractivity (Wildman–Crippen MR) is 45.8 cm³/mol. The molecule has 0 fully saturated rings. The molecule has 5 N–H and O–H groups in total. The fourth-order valence-corrected chi connectivity index (χ4v) is 0.663. The van der Waals surface area contributed by atoms with Gasteiger partial charge < -0.3 is 11.6 Å². The Hall–Kier alpha value is 0.610. The van der Waals surface area contributed by atoms with Crippen LogP contribution in [0, 0.1) is 0 Å². The Balaban J connectivity index is -0.0000000536. The number of rotatable bonds is 0. The molecular weight excluding hydrogens is 212 g/mol. The second-order valence-corrected chi connectivity index (χ2v) is 2.43. The average molecular weight is 222 g/mol. The van der Waals surface area contributed by atoms with Crippen molar-refractivity contribution in [3.05, 3.63) is 23.8 Å². The van der Waals surface area contributed by atoms with E-state index in [2.05, 4.69) is 4.72 Å². The van der Waals surface area contributed by atoms with Crippen LogP contribution in [0.15, 0.2) is 23.8 Å². The second kappa shape index (κ2) is 14.2. The second-order valence-electron chi connectivity index (χ2n) is 1.18. The fourth-order valence-electron chi connectivity index (χ4n) is 0.258. The number of allylic oxidation sites excluding steroid dienone is 2. The van der Waals surface area contributed by atoms with E-state index in [0.29, 0.717) is 0 Å². The predicted octanol–water partition coefficient (Wildman–Crippen LogP) is -2.81. The smallest absolute Gasteiger partial charge is 1.00 e. The van der Waals surface area contributed by atoms with Crippen LogP contribution in [0.25, 0.3) is 0 Å². The van der Waals surface area contributed by atoms with Crippen molar-refractivity contribution in [1.82, 2.24) is 4.72 Å². The van der Waals surface area contributed by atoms with Gasteiger partial charge in [0.05, 0.1) is 0 Å². The van der Waals surface area contributed by atoms with Crippen molar-refractivity contribution in [2.45, 2.75) is 0 Å². The van der Waals surface area contributed by atoms with Gasteiger partial charge in [-0.25, -0.2) is 0 Å². The summed E-state index contributed by atoms with van der Waals surface area (Å²) in [6, 6.07) is 0. The molecule has 0 aromatic heterocycles. The first kappa shape index (κ1) is 18.4. The normalized spacial score (nSPS) is 10.8. The van der Waals surface area contributed by atoms with E-state index in [9.17, 15) is 0 Å². The van der Waals surface area contributed by atoms with Crippen LogP contribution < -0.4 is 34.3 Å². The molecule has 0 unspecified atom stereocenters. The van der Waals surface area contributed by atoms with Gasteiger partial charge in [0.25, 0.3) is 0 Å². The summed E-state index contributed by atoms with van der Waals surface area (Å²) in [6.45, 7) is 0. The maximum atomic E-state index is 8.70. The van der Waals surface area contributed by atoms with Crippen molar-refractivity contribution in [2.24, 2.45) is 0 Å². The Kier molecular flexibility index (Phi) is 21.7. The molecule has 1 heterocycles. The molecule has 1 aliphatic heterocycles. The van der Waals surface area contributed by atoms with Crippen molar-refractivity contribution >= 4 is 20.2 Å². The third-order valence-electron chi connectivity index (χ3n) is 0.490. The fraction of sp³-hybridized carbons (Fsp3) is 0. The Labute approximate surface area is 99.1 Å². The van der Waals surface area contributed by atoms with Crippen LogP contribution >= 0.6 is 20.2 Å². The van der Waals surface area contributed by atoms with Gasteiger partial charge in [0.2, 0.25) is 0 Å². The van der Waals surface area contributed by atoms with Crippen molar-refractivity contribution < 1.29 is 50.8 Å². The van der Waals surface area contributed by atoms with E-state index < -0.39 is 8.25 Å². The molecule has 0 saturated carbocycles. The van der Waals surface area contributed by atoms with Crippen molar-refractivity contribution in [2.75, 3.05) is 0 Å². The molecule has 1 rings (SSSR count). The Bertz CT molecular complexity index is 154. The Morgan fingerprint density at radius 1 is 1.42 bits per heavy atom. The van der Waals surface area contributed by atoms with Crippen LogP contribution in [0.4, 0.5) is 0 Å². The number of hydrogen-bond donors (Lipinski definition) is 3. The van der Waals surface area contributed by atoms with Gasteiger partial charge in [0, 0.05) is 10.8 Å². The van der Waals surface area contributed by atoms with Gasteiger partial charge in [0.1, 0.15) is 0 Å². The maximum absolute atomic E-state index is 8.70. The van der Waals surface area contributed by atoms with Gasteiger partial charge in [-0.1, -0.05) is 6.08 Å². The zero-order valence-electron chi connectivity index (χ0n) is 7.47. The minimum Gasteiger partial charge on any atom is -1.00 e. The van der Waals surface area contributed by atoms with E-state index in [1.807, 2.05) is 23.8 Å². The van der Waals surface area contributed by atoms with Gasteiger partial charge in [-0.2, -0.15) is 0 Å². The van der Waals surface area contributed by atoms with Crippen LogP contribution in [0.3, 0.4) is 0 Å². The monoisotopic (exact) mass is 222 g/mol. The molecule has 8 heteroatoms. The molecule has 0 bridgehead atoms. The molecule has 5 nitrogen and oxygen atoms in total. The van der Waals surface area contributed by atoms with Crippen molar-refractivity contribution in [3.8, 4) is 0 Å². The molecular formula is C4H10NNaO4PS+. The van der Waals surface area contributed by atoms with Crippen LogP contribution in [0.5, 0.6) is 0 Å². The van der Waals surface area contributed by atoms with E-state index in [1.165, 1.54) is 0 Å². The van der Waals surface area contributed by atoms with E-state index in [-0.39, 0.29) is 36.5 Å². The van der Waals surface area contributed by atoms with Gasteiger partial charge in [0.15, 0.2) is 0 Å². The van der Waals surface area contributed by atoms with Crippen molar-refractivity contribution in [1.29, 1.82) is 0 Å². The van der Waals surface area contributed by atoms with Crippen LogP contribution in [0.1, 0.15) is 1.43 Å². The van der Waals surface area contributed by atoms with E-state index in [0.717, 1.165) is 0 Å². The van der Waals surface area contributed by atoms with Crippen LogP contribution in [-0.2, 0) is 4.57 Å². The molecule has 0 aromatic carbocycles. The molecule has 12 heavy (non-hydrogen) atoms. The molecule has 0 atom stereocenters. The molecule has 66 valence electrons. The van der Waals surface area contributed by atoms with Gasteiger partial charge in [-0.15, -0.1) is 9.79 Å². The first-order valence-corrected chi connectivity index (χ1v) is 4.36. The Morgan fingerprint density at radius 2 is 1.92 bits per heavy atom. The van der Waals surface area contributed by atoms with Gasteiger partial charge in [-0.05, 0) is 23.4 Å². The summed E-state index contributed by atoms with van der Waals surface area (Å²) in [5, 5.41) is 1.99. The zero-order chi connectivity index (χ0) is 7.82. The van der Waals surface area contributed by atoms with E-state index in [4.69, 9.17) is 14.4 Å². The maximum Gasteiger partial charge on any atom is 1.00 e. The molecule has 0 spiro atoms. The summed E-state index contributed by atoms with van der Waals surface area (Å²) >= 11 is 1.58. The SMILES string of the molecule is C1=CNSC=C1.O.O=[P+](O)O.[H-].[Na+]. The van der Waals surface area contributed by atoms with E-state index >= 15 is 0 Å². The summed E-state index contributed by atoms with van der Waals surface area (Å²) in [4.78, 5) is 14.2. The third-order valence-corrected chi connectivity index (χ3v) is 1.06. The quantitative estimate of drug-likeness (QED) is 0.233. The molecule has 0 radical (unpaired) electrons. The first-order valence-electron chi connectivity index (χ1n) is 2.31. The summed E-state index contributed by atoms with van der Waals surface area (Å²) in [6.07, 6.45) is 5.84. The molecule has 1 aliphatic rings. The van der Waals surface area contributed by atoms with Crippen molar-refractivity contribution in [3.63, 3.8) is 0 Å². The number of nitrogens with one attached hydrogen (secondary N) is 1. The minimum absolute atomic E-state index is 0. The summed E-state index contributed by atoms with van der Waals surface area (Å²) in [7, 11) is -2.87. The molecule has 0 amide bonds. The van der Waals surface area contributed by atoms with Crippen LogP contribution in [-0.4, -0.2) is 15.3 Å². The minimum atomic E-state index is -2.87. The topological polar surface area (TPSA) is 101 Å². The van der Waals surface area contributed by atoms with Gasteiger partial charge in [-0.3, -0.25) is 0 Å². The Morgan fingerprint density at radius 3 is 2.00 bits per heavy atom. The third kappa shape index (κ3) is 22.4. The number of hydrogen-bond acceptors (Lipinski definition) is 3. The molecule has 0 aliphatic carbocycles. The standard InChI is InChI=1S/C4H5NS.Na.HO3P.H2O.H/c1-2-4-6-5-3-1;;1-4(2)3;;/h1-5H;;(H-,1,2,3);1H2;/q;+1;;;-1/p+1. The van der Waals surface area contributed by atoms with Gasteiger partial charge >= 0.3 is 37.8 Å².